The lowest BCUT2D eigenvalue weighted by molar-refractivity contribution is -0.137. The van der Waals surface area contributed by atoms with Gasteiger partial charge in [0, 0.05) is 5.69 Å². The number of ether oxygens (including phenoxy) is 1. The van der Waals surface area contributed by atoms with Crippen molar-refractivity contribution < 1.29 is 27.1 Å². The van der Waals surface area contributed by atoms with Crippen LogP contribution < -0.4 is 14.5 Å². The van der Waals surface area contributed by atoms with Gasteiger partial charge in [-0.25, -0.2) is 14.4 Å². The molecule has 0 N–H and O–H groups in total. The minimum Gasteiger partial charge on any atom is -0.467 e. The zero-order chi connectivity index (χ0) is 22.3. The van der Waals surface area contributed by atoms with Gasteiger partial charge in [0.15, 0.2) is 0 Å². The Balaban J connectivity index is 1.87. The van der Waals surface area contributed by atoms with Crippen molar-refractivity contribution >= 4 is 23.0 Å². The molecule has 0 bridgehead atoms. The van der Waals surface area contributed by atoms with E-state index in [0.29, 0.717) is 16.9 Å². The van der Waals surface area contributed by atoms with Crippen molar-refractivity contribution in [1.29, 1.82) is 0 Å². The molecule has 31 heavy (non-hydrogen) atoms. The molecule has 0 unspecified atom stereocenters. The molecule has 10 heteroatoms. The van der Waals surface area contributed by atoms with Gasteiger partial charge < -0.3 is 9.64 Å². The minimum absolute atomic E-state index is 0.0683. The molecule has 1 aliphatic rings. The second kappa shape index (κ2) is 7.53. The second-order valence-corrected chi connectivity index (χ2v) is 6.89. The van der Waals surface area contributed by atoms with Gasteiger partial charge in [-0.2, -0.15) is 13.2 Å². The number of fused-ring (bicyclic) bond motifs is 1. The number of carbonyl (C=O) groups excluding carboxylic acids is 1. The SMILES string of the molecule is COc1ncc(N2CN(c3ccc(F)cc3C)c3cc(C(F)(F)F)ccc3C2=O)cn1. The molecule has 160 valence electrons. The van der Waals surface area contributed by atoms with Crippen LogP contribution in [0.3, 0.4) is 0 Å². The number of hydrogen-bond donors (Lipinski definition) is 0. The largest absolute Gasteiger partial charge is 0.467 e. The highest BCUT2D eigenvalue weighted by Crippen LogP contribution is 2.40. The number of aryl methyl sites for hydroxylation is 1. The van der Waals surface area contributed by atoms with E-state index in [4.69, 9.17) is 4.74 Å². The Morgan fingerprint density at radius 2 is 1.71 bits per heavy atom. The molecule has 0 radical (unpaired) electrons. The van der Waals surface area contributed by atoms with Crippen LogP contribution in [-0.4, -0.2) is 29.7 Å². The van der Waals surface area contributed by atoms with Crippen molar-refractivity contribution in [3.05, 3.63) is 71.3 Å². The first-order valence-electron chi connectivity index (χ1n) is 9.12. The topological polar surface area (TPSA) is 58.6 Å². The molecular formula is C21H16F4N4O2. The summed E-state index contributed by atoms with van der Waals surface area (Å²) in [5.41, 5.74) is 0.572. The van der Waals surface area contributed by atoms with E-state index in [-0.39, 0.29) is 23.9 Å². The average molecular weight is 432 g/mol. The quantitative estimate of drug-likeness (QED) is 0.562. The third-order valence-corrected chi connectivity index (χ3v) is 4.93. The highest BCUT2D eigenvalue weighted by Gasteiger charge is 2.36. The molecule has 1 aromatic heterocycles. The first kappa shape index (κ1) is 20.6. The standard InChI is InChI=1S/C21H16F4N4O2/c1-12-7-14(22)4-6-17(12)29-11-28(15-9-26-20(31-2)27-10-15)19(30)16-5-3-13(8-18(16)29)21(23,24)25/h3-10H,11H2,1-2H3. The Labute approximate surface area is 174 Å². The smallest absolute Gasteiger partial charge is 0.416 e. The van der Waals surface area contributed by atoms with E-state index >= 15 is 0 Å². The molecule has 0 atom stereocenters. The van der Waals surface area contributed by atoms with Gasteiger partial charge in [0.2, 0.25) is 0 Å². The van der Waals surface area contributed by atoms with Crippen molar-refractivity contribution in [2.45, 2.75) is 13.1 Å². The lowest BCUT2D eigenvalue weighted by Gasteiger charge is -2.38. The zero-order valence-electron chi connectivity index (χ0n) is 16.4. The predicted molar refractivity (Wildman–Crippen MR) is 105 cm³/mol. The van der Waals surface area contributed by atoms with Crippen LogP contribution >= 0.6 is 0 Å². The van der Waals surface area contributed by atoms with Crippen LogP contribution in [0.1, 0.15) is 21.5 Å². The van der Waals surface area contributed by atoms with E-state index < -0.39 is 23.5 Å². The summed E-state index contributed by atoms with van der Waals surface area (Å²) in [4.78, 5) is 24.0. The summed E-state index contributed by atoms with van der Waals surface area (Å²) < 4.78 is 58.6. The number of carbonyl (C=O) groups is 1. The molecule has 0 saturated heterocycles. The van der Waals surface area contributed by atoms with Crippen LogP contribution in [0.4, 0.5) is 34.6 Å². The van der Waals surface area contributed by atoms with Gasteiger partial charge in [-0.3, -0.25) is 9.69 Å². The molecule has 0 spiro atoms. The molecule has 1 amide bonds. The Hall–Kier alpha value is -3.69. The van der Waals surface area contributed by atoms with Crippen LogP contribution in [-0.2, 0) is 6.18 Å². The number of nitrogens with zero attached hydrogens (tertiary/aromatic N) is 4. The maximum atomic E-state index is 13.6. The highest BCUT2D eigenvalue weighted by molar-refractivity contribution is 6.12. The number of alkyl halides is 3. The average Bonchev–Trinajstić information content (AvgIpc) is 2.74. The summed E-state index contributed by atoms with van der Waals surface area (Å²) in [5.74, 6) is -0.979. The number of aromatic nitrogens is 2. The number of amides is 1. The molecule has 0 fully saturated rings. The maximum absolute atomic E-state index is 13.6. The second-order valence-electron chi connectivity index (χ2n) is 6.89. The molecule has 6 nitrogen and oxygen atoms in total. The van der Waals surface area contributed by atoms with Crippen molar-refractivity contribution in [3.63, 3.8) is 0 Å². The van der Waals surface area contributed by atoms with Crippen LogP contribution in [0.2, 0.25) is 0 Å². The van der Waals surface area contributed by atoms with E-state index in [0.717, 1.165) is 18.2 Å². The first-order chi connectivity index (χ1) is 14.7. The van der Waals surface area contributed by atoms with E-state index in [2.05, 4.69) is 9.97 Å². The Morgan fingerprint density at radius 1 is 1.00 bits per heavy atom. The van der Waals surface area contributed by atoms with Crippen LogP contribution in [0.25, 0.3) is 0 Å². The Bertz CT molecular complexity index is 1150. The first-order valence-corrected chi connectivity index (χ1v) is 9.12. The molecule has 0 saturated carbocycles. The van der Waals surface area contributed by atoms with E-state index in [1.165, 1.54) is 47.5 Å². The van der Waals surface area contributed by atoms with E-state index in [1.54, 1.807) is 6.92 Å². The fraction of sp³-hybridized carbons (Fsp3) is 0.190. The van der Waals surface area contributed by atoms with Gasteiger partial charge in [-0.1, -0.05) is 0 Å². The summed E-state index contributed by atoms with van der Waals surface area (Å²) in [7, 11) is 1.40. The van der Waals surface area contributed by atoms with Crippen LogP contribution in [0.15, 0.2) is 48.8 Å². The molecular weight excluding hydrogens is 416 g/mol. The molecule has 0 aliphatic carbocycles. The predicted octanol–water partition coefficient (Wildman–Crippen LogP) is 4.71. The van der Waals surface area contributed by atoms with Gasteiger partial charge in [-0.05, 0) is 48.9 Å². The molecule has 2 heterocycles. The van der Waals surface area contributed by atoms with Crippen molar-refractivity contribution in [2.75, 3.05) is 23.6 Å². The maximum Gasteiger partial charge on any atom is 0.416 e. The van der Waals surface area contributed by atoms with Crippen LogP contribution in [0, 0.1) is 12.7 Å². The van der Waals surface area contributed by atoms with Crippen molar-refractivity contribution in [1.82, 2.24) is 9.97 Å². The zero-order valence-corrected chi connectivity index (χ0v) is 16.4. The summed E-state index contributed by atoms with van der Waals surface area (Å²) in [6.07, 6.45) is -1.81. The number of rotatable bonds is 3. The van der Waals surface area contributed by atoms with Gasteiger partial charge in [0.05, 0.1) is 42.0 Å². The molecule has 3 aromatic rings. The van der Waals surface area contributed by atoms with Gasteiger partial charge in [-0.15, -0.1) is 0 Å². The lowest BCUT2D eigenvalue weighted by atomic mass is 10.0. The summed E-state index contributed by atoms with van der Waals surface area (Å²) in [5, 5.41) is 0. The Kier molecular flexibility index (Phi) is 5.00. The number of benzene rings is 2. The molecule has 2 aromatic carbocycles. The highest BCUT2D eigenvalue weighted by atomic mass is 19.4. The summed E-state index contributed by atoms with van der Waals surface area (Å²) >= 11 is 0. The van der Waals surface area contributed by atoms with Gasteiger partial charge in [0.1, 0.15) is 12.5 Å². The monoisotopic (exact) mass is 432 g/mol. The van der Waals surface area contributed by atoms with E-state index in [1.807, 2.05) is 0 Å². The number of methoxy groups -OCH3 is 1. The Morgan fingerprint density at radius 3 is 2.32 bits per heavy atom. The number of hydrogen-bond acceptors (Lipinski definition) is 5. The molecule has 4 rings (SSSR count). The fourth-order valence-corrected chi connectivity index (χ4v) is 3.42. The van der Waals surface area contributed by atoms with Crippen LogP contribution in [0.5, 0.6) is 6.01 Å². The van der Waals surface area contributed by atoms with E-state index in [9.17, 15) is 22.4 Å². The van der Waals surface area contributed by atoms with Gasteiger partial charge in [0.25, 0.3) is 5.91 Å². The lowest BCUT2D eigenvalue weighted by Crippen LogP contribution is -2.45. The van der Waals surface area contributed by atoms with Crippen molar-refractivity contribution in [3.8, 4) is 6.01 Å². The summed E-state index contributed by atoms with van der Waals surface area (Å²) in [6, 6.07) is 7.00. The fourth-order valence-electron chi connectivity index (χ4n) is 3.42. The molecule has 1 aliphatic heterocycles. The minimum atomic E-state index is -4.58. The summed E-state index contributed by atoms with van der Waals surface area (Å²) in [6.45, 7) is 1.53. The number of halogens is 4. The number of anilines is 3. The third-order valence-electron chi connectivity index (χ3n) is 4.93. The third kappa shape index (κ3) is 3.76. The van der Waals surface area contributed by atoms with Crippen molar-refractivity contribution in [2.24, 2.45) is 0 Å². The normalized spacial score (nSPS) is 13.9. The van der Waals surface area contributed by atoms with Gasteiger partial charge >= 0.3 is 12.2 Å².